The summed E-state index contributed by atoms with van der Waals surface area (Å²) in [5.41, 5.74) is 2.65. The predicted octanol–water partition coefficient (Wildman–Crippen LogP) is 2.16. The highest BCUT2D eigenvalue weighted by molar-refractivity contribution is 5.94. The smallest absolute Gasteiger partial charge is 0.269 e. The molecule has 3 heterocycles. The first kappa shape index (κ1) is 17.0. The molecule has 8 nitrogen and oxygen atoms in total. The van der Waals surface area contributed by atoms with Crippen LogP contribution in [0.25, 0.3) is 22.8 Å². The van der Waals surface area contributed by atoms with Gasteiger partial charge in [-0.25, -0.2) is 9.97 Å². The van der Waals surface area contributed by atoms with Gasteiger partial charge in [-0.15, -0.1) is 0 Å². The minimum atomic E-state index is -0.120. The first-order valence-electron chi connectivity index (χ1n) is 8.70. The summed E-state index contributed by atoms with van der Waals surface area (Å²) in [5, 5.41) is 7.31. The average molecular weight is 365 g/mol. The quantitative estimate of drug-likeness (QED) is 0.745. The third kappa shape index (κ3) is 3.21. The maximum Gasteiger partial charge on any atom is 0.269 e. The highest BCUT2D eigenvalue weighted by Gasteiger charge is 2.20. The Morgan fingerprint density at radius 2 is 2.07 bits per heavy atom. The summed E-state index contributed by atoms with van der Waals surface area (Å²) in [5.74, 6) is 1.72. The zero-order valence-corrected chi connectivity index (χ0v) is 15.1. The van der Waals surface area contributed by atoms with E-state index in [4.69, 9.17) is 9.47 Å². The standard InChI is InChI=1S/C19H19N5O3/c1-3-27-17-10-12(4-5-16(17)26-2)18-20-7-6-13(22-18)14-11-15-19(25)21-8-9-24(15)23-14/h4-7,10-11H,3,8-9H2,1-2H3,(H,21,25). The van der Waals surface area contributed by atoms with Crippen molar-refractivity contribution in [2.45, 2.75) is 13.5 Å². The molecule has 0 radical (unpaired) electrons. The zero-order chi connectivity index (χ0) is 18.8. The molecule has 27 heavy (non-hydrogen) atoms. The van der Waals surface area contributed by atoms with E-state index in [9.17, 15) is 4.79 Å². The van der Waals surface area contributed by atoms with E-state index in [1.165, 1.54) is 0 Å². The van der Waals surface area contributed by atoms with Gasteiger partial charge >= 0.3 is 0 Å². The van der Waals surface area contributed by atoms with Crippen molar-refractivity contribution in [2.75, 3.05) is 20.3 Å². The van der Waals surface area contributed by atoms with Crippen LogP contribution in [-0.4, -0.2) is 45.9 Å². The Kier molecular flexibility index (Phi) is 4.45. The molecule has 1 aliphatic heterocycles. The number of ether oxygens (including phenoxy) is 2. The van der Waals surface area contributed by atoms with Crippen molar-refractivity contribution >= 4 is 5.91 Å². The first-order valence-corrected chi connectivity index (χ1v) is 8.70. The lowest BCUT2D eigenvalue weighted by atomic mass is 10.1. The minimum absolute atomic E-state index is 0.120. The molecule has 1 amide bonds. The van der Waals surface area contributed by atoms with Gasteiger partial charge in [-0.2, -0.15) is 5.10 Å². The van der Waals surface area contributed by atoms with Gasteiger partial charge in [0.2, 0.25) is 0 Å². The van der Waals surface area contributed by atoms with Crippen LogP contribution in [-0.2, 0) is 6.54 Å². The molecule has 4 rings (SSSR count). The van der Waals surface area contributed by atoms with Crippen LogP contribution < -0.4 is 14.8 Å². The molecule has 0 atom stereocenters. The molecular weight excluding hydrogens is 346 g/mol. The van der Waals surface area contributed by atoms with Crippen LogP contribution in [0.3, 0.4) is 0 Å². The second-order valence-corrected chi connectivity index (χ2v) is 5.96. The number of rotatable bonds is 5. The second-order valence-electron chi connectivity index (χ2n) is 5.96. The summed E-state index contributed by atoms with van der Waals surface area (Å²) in [7, 11) is 1.60. The summed E-state index contributed by atoms with van der Waals surface area (Å²) < 4.78 is 12.7. The Balaban J connectivity index is 1.71. The van der Waals surface area contributed by atoms with Crippen LogP contribution in [0.2, 0.25) is 0 Å². The Bertz CT molecular complexity index is 999. The van der Waals surface area contributed by atoms with Crippen molar-refractivity contribution < 1.29 is 14.3 Å². The average Bonchev–Trinajstić information content (AvgIpc) is 3.14. The molecule has 1 aromatic carbocycles. The second kappa shape index (κ2) is 7.06. The SMILES string of the molecule is CCOc1cc(-c2nccc(-c3cc4n(n3)CCNC4=O)n2)ccc1OC. The first-order chi connectivity index (χ1) is 13.2. The van der Waals surface area contributed by atoms with E-state index in [0.29, 0.717) is 54.1 Å². The van der Waals surface area contributed by atoms with Crippen molar-refractivity contribution in [2.24, 2.45) is 0 Å². The lowest BCUT2D eigenvalue weighted by Crippen LogP contribution is -2.35. The Morgan fingerprint density at radius 1 is 1.19 bits per heavy atom. The third-order valence-corrected chi connectivity index (χ3v) is 4.26. The molecule has 1 aliphatic rings. The number of hydrogen-bond acceptors (Lipinski definition) is 6. The molecule has 0 bridgehead atoms. The number of nitrogens with one attached hydrogen (secondary N) is 1. The Morgan fingerprint density at radius 3 is 2.85 bits per heavy atom. The van der Waals surface area contributed by atoms with Crippen molar-refractivity contribution in [3.63, 3.8) is 0 Å². The molecule has 0 saturated heterocycles. The molecule has 8 heteroatoms. The molecule has 0 saturated carbocycles. The molecule has 1 N–H and O–H groups in total. The van der Waals surface area contributed by atoms with Crippen molar-refractivity contribution in [3.8, 4) is 34.3 Å². The molecule has 138 valence electrons. The fraction of sp³-hybridized carbons (Fsp3) is 0.263. The van der Waals surface area contributed by atoms with Crippen LogP contribution in [0.5, 0.6) is 11.5 Å². The van der Waals surface area contributed by atoms with Crippen molar-refractivity contribution in [3.05, 3.63) is 42.2 Å². The molecule has 2 aromatic heterocycles. The van der Waals surface area contributed by atoms with E-state index >= 15 is 0 Å². The number of methoxy groups -OCH3 is 1. The predicted molar refractivity (Wildman–Crippen MR) is 98.7 cm³/mol. The van der Waals surface area contributed by atoms with Gasteiger partial charge < -0.3 is 14.8 Å². The van der Waals surface area contributed by atoms with E-state index in [1.807, 2.05) is 25.1 Å². The summed E-state index contributed by atoms with van der Waals surface area (Å²) in [6, 6.07) is 9.10. The third-order valence-electron chi connectivity index (χ3n) is 4.26. The summed E-state index contributed by atoms with van der Waals surface area (Å²) in [6.45, 7) is 3.67. The number of aromatic nitrogens is 4. The van der Waals surface area contributed by atoms with Gasteiger partial charge in [-0.1, -0.05) is 0 Å². The lowest BCUT2D eigenvalue weighted by Gasteiger charge is -2.13. The van der Waals surface area contributed by atoms with E-state index in [-0.39, 0.29) is 5.91 Å². The van der Waals surface area contributed by atoms with Gasteiger partial charge in [0.15, 0.2) is 17.3 Å². The Hall–Kier alpha value is -3.42. The normalized spacial score (nSPS) is 13.0. The molecule has 0 unspecified atom stereocenters. The zero-order valence-electron chi connectivity index (χ0n) is 15.1. The largest absolute Gasteiger partial charge is 0.493 e. The van der Waals surface area contributed by atoms with Gasteiger partial charge in [0.05, 0.1) is 26.0 Å². The summed E-state index contributed by atoms with van der Waals surface area (Å²) >= 11 is 0. The van der Waals surface area contributed by atoms with Gasteiger partial charge in [0.1, 0.15) is 11.4 Å². The molecule has 0 fully saturated rings. The Labute approximate surface area is 156 Å². The van der Waals surface area contributed by atoms with Gasteiger partial charge in [-0.05, 0) is 37.3 Å². The maximum absolute atomic E-state index is 11.9. The number of amides is 1. The number of hydrogen-bond donors (Lipinski definition) is 1. The minimum Gasteiger partial charge on any atom is -0.493 e. The van der Waals surface area contributed by atoms with Crippen LogP contribution in [0, 0.1) is 0 Å². The summed E-state index contributed by atoms with van der Waals surface area (Å²) in [6.07, 6.45) is 1.68. The van der Waals surface area contributed by atoms with Crippen LogP contribution >= 0.6 is 0 Å². The van der Waals surface area contributed by atoms with Crippen LogP contribution in [0.15, 0.2) is 36.5 Å². The van der Waals surface area contributed by atoms with Crippen molar-refractivity contribution in [1.82, 2.24) is 25.1 Å². The number of carbonyl (C=O) groups is 1. The van der Waals surface area contributed by atoms with Crippen molar-refractivity contribution in [1.29, 1.82) is 0 Å². The van der Waals surface area contributed by atoms with E-state index in [1.54, 1.807) is 30.1 Å². The van der Waals surface area contributed by atoms with Gasteiger partial charge in [-0.3, -0.25) is 9.48 Å². The molecular formula is C19H19N5O3. The van der Waals surface area contributed by atoms with Gasteiger partial charge in [0, 0.05) is 18.3 Å². The fourth-order valence-corrected chi connectivity index (χ4v) is 2.99. The fourth-order valence-electron chi connectivity index (χ4n) is 2.99. The van der Waals surface area contributed by atoms with E-state index in [2.05, 4.69) is 20.4 Å². The topological polar surface area (TPSA) is 91.2 Å². The van der Waals surface area contributed by atoms with Crippen LogP contribution in [0.1, 0.15) is 17.4 Å². The number of benzene rings is 1. The summed E-state index contributed by atoms with van der Waals surface area (Å²) in [4.78, 5) is 20.9. The maximum atomic E-state index is 11.9. The molecule has 3 aromatic rings. The lowest BCUT2D eigenvalue weighted by molar-refractivity contribution is 0.0924. The monoisotopic (exact) mass is 365 g/mol. The molecule has 0 spiro atoms. The van der Waals surface area contributed by atoms with Crippen LogP contribution in [0.4, 0.5) is 0 Å². The van der Waals surface area contributed by atoms with Gasteiger partial charge in [0.25, 0.3) is 5.91 Å². The highest BCUT2D eigenvalue weighted by Crippen LogP contribution is 2.32. The highest BCUT2D eigenvalue weighted by atomic mass is 16.5. The molecule has 0 aliphatic carbocycles. The van der Waals surface area contributed by atoms with E-state index in [0.717, 1.165) is 5.56 Å². The van der Waals surface area contributed by atoms with E-state index < -0.39 is 0 Å². The number of nitrogens with zero attached hydrogens (tertiary/aromatic N) is 4. The number of carbonyl (C=O) groups excluding carboxylic acids is 1. The number of fused-ring (bicyclic) bond motifs is 1.